The predicted octanol–water partition coefficient (Wildman–Crippen LogP) is 2.90. The fourth-order valence-corrected chi connectivity index (χ4v) is 1.27. The quantitative estimate of drug-likeness (QED) is 0.687. The predicted molar refractivity (Wildman–Crippen MR) is 44.4 cm³/mol. The van der Waals surface area contributed by atoms with Crippen LogP contribution in [0.4, 0.5) is 8.78 Å². The number of hydrogen-bond acceptors (Lipinski definition) is 1. The minimum absolute atomic E-state index is 0.346. The molecule has 0 radical (unpaired) electrons. The highest BCUT2D eigenvalue weighted by atomic mass is 79.9. The first-order valence-electron chi connectivity index (χ1n) is 2.66. The third-order valence-corrected chi connectivity index (χ3v) is 1.77. The average Bonchev–Trinajstić information content (AvgIpc) is 1.85. The Kier molecular flexibility index (Phi) is 2.79. The van der Waals surface area contributed by atoms with Gasteiger partial charge in [-0.25, -0.2) is 8.78 Å². The Hall–Kier alpha value is -0.210. The molecule has 0 spiro atoms. The van der Waals surface area contributed by atoms with Gasteiger partial charge in [0, 0.05) is 4.47 Å². The Balaban J connectivity index is 3.25. The molecule has 1 atom stereocenters. The van der Waals surface area contributed by atoms with E-state index in [1.165, 1.54) is 0 Å². The van der Waals surface area contributed by atoms with Crippen molar-refractivity contribution in [3.8, 4) is 5.75 Å². The van der Waals surface area contributed by atoms with E-state index in [-0.39, 0.29) is 0 Å². The highest BCUT2D eigenvalue weighted by Gasteiger charge is 2.09. The lowest BCUT2D eigenvalue weighted by Crippen LogP contribution is -1.87. The second-order valence-electron chi connectivity index (χ2n) is 1.82. The van der Waals surface area contributed by atoms with Crippen molar-refractivity contribution in [3.05, 3.63) is 28.2 Å². The van der Waals surface area contributed by atoms with Crippen LogP contribution in [0.15, 0.2) is 16.6 Å². The second-order valence-corrected chi connectivity index (χ2v) is 2.97. The summed E-state index contributed by atoms with van der Waals surface area (Å²) in [5.74, 6) is -1.85. The van der Waals surface area contributed by atoms with Gasteiger partial charge < -0.3 is 4.52 Å². The minimum Gasteiger partial charge on any atom is -0.474 e. The molecule has 0 saturated carbocycles. The van der Waals surface area contributed by atoms with Crippen molar-refractivity contribution in [2.24, 2.45) is 0 Å². The molecule has 0 aliphatic heterocycles. The van der Waals surface area contributed by atoms with Gasteiger partial charge in [0.2, 0.25) is 0 Å². The van der Waals surface area contributed by atoms with Crippen molar-refractivity contribution in [2.75, 3.05) is 0 Å². The summed E-state index contributed by atoms with van der Waals surface area (Å²) in [7, 11) is 1.78. The molecule has 0 bridgehead atoms. The highest BCUT2D eigenvalue weighted by Crippen LogP contribution is 2.26. The van der Waals surface area contributed by atoms with Crippen LogP contribution in [0, 0.1) is 11.6 Å². The first kappa shape index (κ1) is 8.88. The first-order valence-corrected chi connectivity index (χ1v) is 3.93. The molecular formula is C6H4BrF2OP. The summed E-state index contributed by atoms with van der Waals surface area (Å²) in [5.41, 5.74) is 0. The van der Waals surface area contributed by atoms with Gasteiger partial charge in [-0.15, -0.1) is 0 Å². The van der Waals surface area contributed by atoms with Gasteiger partial charge in [-0.1, -0.05) is 15.9 Å². The van der Waals surface area contributed by atoms with E-state index < -0.39 is 17.4 Å². The maximum Gasteiger partial charge on any atom is 0.193 e. The van der Waals surface area contributed by atoms with Crippen LogP contribution >= 0.6 is 25.4 Å². The standard InChI is InChI=1S/C6H4BrF2OP/c7-3-1-4(8)6(10-11)5(9)2-3/h1-2H,11H2. The molecule has 0 heterocycles. The van der Waals surface area contributed by atoms with Gasteiger partial charge in [0.15, 0.2) is 17.4 Å². The van der Waals surface area contributed by atoms with Crippen LogP contribution in [0.2, 0.25) is 0 Å². The second kappa shape index (κ2) is 3.46. The van der Waals surface area contributed by atoms with Crippen molar-refractivity contribution in [3.63, 3.8) is 0 Å². The number of halogens is 3. The van der Waals surface area contributed by atoms with Crippen molar-refractivity contribution in [1.29, 1.82) is 0 Å². The van der Waals surface area contributed by atoms with E-state index in [0.29, 0.717) is 4.47 Å². The van der Waals surface area contributed by atoms with Gasteiger partial charge in [-0.05, 0) is 12.1 Å². The van der Waals surface area contributed by atoms with Crippen molar-refractivity contribution in [2.45, 2.75) is 0 Å². The van der Waals surface area contributed by atoms with Crippen molar-refractivity contribution >= 4 is 25.4 Å². The first-order chi connectivity index (χ1) is 5.15. The van der Waals surface area contributed by atoms with E-state index in [1.54, 1.807) is 9.47 Å². The van der Waals surface area contributed by atoms with Gasteiger partial charge >= 0.3 is 0 Å². The molecule has 0 fully saturated rings. The highest BCUT2D eigenvalue weighted by molar-refractivity contribution is 9.10. The van der Waals surface area contributed by atoms with Gasteiger partial charge in [0.05, 0.1) is 9.47 Å². The molecule has 1 rings (SSSR count). The van der Waals surface area contributed by atoms with E-state index in [4.69, 9.17) is 0 Å². The molecule has 1 nitrogen and oxygen atoms in total. The largest absolute Gasteiger partial charge is 0.474 e. The van der Waals surface area contributed by atoms with Gasteiger partial charge in [0.1, 0.15) is 0 Å². The summed E-state index contributed by atoms with van der Waals surface area (Å²) in [4.78, 5) is 0. The summed E-state index contributed by atoms with van der Waals surface area (Å²) >= 11 is 2.93. The normalized spacial score (nSPS) is 9.82. The number of hydrogen-bond donors (Lipinski definition) is 0. The van der Waals surface area contributed by atoms with Crippen LogP contribution in [0.1, 0.15) is 0 Å². The molecule has 1 aromatic rings. The molecule has 0 aromatic heterocycles. The van der Waals surface area contributed by atoms with E-state index in [1.807, 2.05) is 0 Å². The number of rotatable bonds is 1. The smallest absolute Gasteiger partial charge is 0.193 e. The minimum atomic E-state index is -0.730. The molecule has 0 N–H and O–H groups in total. The fraction of sp³-hybridized carbons (Fsp3) is 0. The van der Waals surface area contributed by atoms with Crippen molar-refractivity contribution < 1.29 is 13.3 Å². The van der Waals surface area contributed by atoms with Crippen LogP contribution in [-0.2, 0) is 0 Å². The molecule has 0 aliphatic carbocycles. The SMILES string of the molecule is Fc1cc(Br)cc(F)c1OP. The zero-order chi connectivity index (χ0) is 8.43. The Morgan fingerprint density at radius 3 is 2.09 bits per heavy atom. The Labute approximate surface area is 73.2 Å². The Morgan fingerprint density at radius 1 is 1.27 bits per heavy atom. The Bertz CT molecular complexity index is 256. The van der Waals surface area contributed by atoms with Crippen LogP contribution in [0.25, 0.3) is 0 Å². The van der Waals surface area contributed by atoms with Crippen molar-refractivity contribution in [1.82, 2.24) is 0 Å². The van der Waals surface area contributed by atoms with Crippen LogP contribution < -0.4 is 4.52 Å². The van der Waals surface area contributed by atoms with E-state index in [9.17, 15) is 8.78 Å². The zero-order valence-corrected chi connectivity index (χ0v) is 8.01. The molecule has 0 aliphatic rings. The lowest BCUT2D eigenvalue weighted by molar-refractivity contribution is 0.487. The molecule has 60 valence electrons. The van der Waals surface area contributed by atoms with Gasteiger partial charge in [-0.3, -0.25) is 0 Å². The average molecular weight is 241 g/mol. The number of benzene rings is 1. The maximum absolute atomic E-state index is 12.7. The van der Waals surface area contributed by atoms with E-state index >= 15 is 0 Å². The van der Waals surface area contributed by atoms with Gasteiger partial charge in [-0.2, -0.15) is 0 Å². The zero-order valence-electron chi connectivity index (χ0n) is 5.27. The summed E-state index contributed by atoms with van der Waals surface area (Å²) in [6, 6.07) is 2.25. The summed E-state index contributed by atoms with van der Waals surface area (Å²) in [6.45, 7) is 0. The third kappa shape index (κ3) is 1.88. The topological polar surface area (TPSA) is 9.23 Å². The van der Waals surface area contributed by atoms with Crippen LogP contribution in [-0.4, -0.2) is 0 Å². The summed E-state index contributed by atoms with van der Waals surface area (Å²) in [5, 5.41) is 0. The molecular weight excluding hydrogens is 237 g/mol. The van der Waals surface area contributed by atoms with Gasteiger partial charge in [0.25, 0.3) is 0 Å². The Morgan fingerprint density at radius 2 is 1.73 bits per heavy atom. The van der Waals surface area contributed by atoms with E-state index in [2.05, 4.69) is 20.5 Å². The molecule has 11 heavy (non-hydrogen) atoms. The monoisotopic (exact) mass is 240 g/mol. The maximum atomic E-state index is 12.7. The lowest BCUT2D eigenvalue weighted by atomic mass is 10.3. The van der Waals surface area contributed by atoms with Crippen LogP contribution in [0.3, 0.4) is 0 Å². The summed E-state index contributed by atoms with van der Waals surface area (Å²) in [6.07, 6.45) is 0. The van der Waals surface area contributed by atoms with Crippen LogP contribution in [0.5, 0.6) is 5.75 Å². The lowest BCUT2D eigenvalue weighted by Gasteiger charge is -2.02. The third-order valence-electron chi connectivity index (χ3n) is 1.08. The molecule has 1 aromatic carbocycles. The summed E-state index contributed by atoms with van der Waals surface area (Å²) < 4.78 is 30.1. The molecule has 5 heteroatoms. The molecule has 1 unspecified atom stereocenters. The fourth-order valence-electron chi connectivity index (χ4n) is 0.642. The molecule has 0 amide bonds. The van der Waals surface area contributed by atoms with E-state index in [0.717, 1.165) is 12.1 Å². The molecule has 0 saturated heterocycles.